The van der Waals surface area contributed by atoms with E-state index in [1.54, 1.807) is 0 Å². The Hall–Kier alpha value is -0.210. The maximum absolute atomic E-state index is 6.33. The van der Waals surface area contributed by atoms with Gasteiger partial charge in [0.05, 0.1) is 4.83 Å². The molecule has 0 N–H and O–H groups in total. The molecule has 1 unspecified atom stereocenters. The average molecular weight is 379 g/mol. The van der Waals surface area contributed by atoms with Gasteiger partial charge in [-0.3, -0.25) is 0 Å². The Bertz CT molecular complexity index is 603. The summed E-state index contributed by atoms with van der Waals surface area (Å²) in [6.45, 7) is 4.10. The molecular formula is C15H12BrCl3. The fraction of sp³-hybridized carbons (Fsp3) is 0.200. The van der Waals surface area contributed by atoms with Gasteiger partial charge in [0.25, 0.3) is 0 Å². The topological polar surface area (TPSA) is 0 Å². The smallest absolute Gasteiger partial charge is 0.0688 e. The Kier molecular flexibility index (Phi) is 4.84. The summed E-state index contributed by atoms with van der Waals surface area (Å²) >= 11 is 22.5. The molecular weight excluding hydrogens is 366 g/mol. The van der Waals surface area contributed by atoms with E-state index in [0.717, 1.165) is 11.1 Å². The lowest BCUT2D eigenvalue weighted by atomic mass is 10.00. The summed E-state index contributed by atoms with van der Waals surface area (Å²) in [7, 11) is 0. The first-order valence-corrected chi connectivity index (χ1v) is 7.81. The number of benzene rings is 2. The van der Waals surface area contributed by atoms with E-state index in [1.165, 1.54) is 11.1 Å². The maximum atomic E-state index is 6.33. The molecule has 0 fully saturated rings. The van der Waals surface area contributed by atoms with Crippen molar-refractivity contribution in [1.29, 1.82) is 0 Å². The molecule has 0 nitrogen and oxygen atoms in total. The minimum Gasteiger partial charge on any atom is -0.0840 e. The second-order valence-electron chi connectivity index (χ2n) is 4.46. The molecule has 0 aromatic heterocycles. The van der Waals surface area contributed by atoms with Gasteiger partial charge in [-0.05, 0) is 48.7 Å². The van der Waals surface area contributed by atoms with Crippen molar-refractivity contribution in [3.8, 4) is 0 Å². The van der Waals surface area contributed by atoms with Crippen molar-refractivity contribution in [3.05, 3.63) is 67.7 Å². The van der Waals surface area contributed by atoms with Crippen LogP contribution in [0.5, 0.6) is 0 Å². The van der Waals surface area contributed by atoms with E-state index in [0.29, 0.717) is 15.1 Å². The van der Waals surface area contributed by atoms with Crippen molar-refractivity contribution < 1.29 is 0 Å². The Morgan fingerprint density at radius 3 is 2.00 bits per heavy atom. The lowest BCUT2D eigenvalue weighted by molar-refractivity contribution is 1.16. The Morgan fingerprint density at radius 2 is 1.42 bits per heavy atom. The van der Waals surface area contributed by atoms with Crippen LogP contribution in [0.25, 0.3) is 0 Å². The van der Waals surface area contributed by atoms with Gasteiger partial charge in [0.1, 0.15) is 0 Å². The van der Waals surface area contributed by atoms with Gasteiger partial charge in [0.2, 0.25) is 0 Å². The largest absolute Gasteiger partial charge is 0.0840 e. The minimum absolute atomic E-state index is 0.125. The molecule has 2 aromatic rings. The number of hydrogen-bond donors (Lipinski definition) is 0. The molecule has 0 aliphatic carbocycles. The van der Waals surface area contributed by atoms with Gasteiger partial charge in [-0.1, -0.05) is 62.9 Å². The second kappa shape index (κ2) is 6.05. The van der Waals surface area contributed by atoms with Gasteiger partial charge in [-0.2, -0.15) is 0 Å². The molecule has 0 radical (unpaired) electrons. The molecule has 100 valence electrons. The van der Waals surface area contributed by atoms with Crippen molar-refractivity contribution in [2.45, 2.75) is 18.7 Å². The standard InChI is InChI=1S/C15H12BrCl3/c1-8-6-10(13(19)7-9(8)2)15(16)14-11(17)4-3-5-12(14)18/h3-7,15H,1-2H3. The van der Waals surface area contributed by atoms with E-state index in [1.807, 2.05) is 31.2 Å². The first-order valence-electron chi connectivity index (χ1n) is 5.76. The molecule has 0 aliphatic heterocycles. The number of halogens is 4. The quantitative estimate of drug-likeness (QED) is 0.507. The van der Waals surface area contributed by atoms with Crippen molar-refractivity contribution in [1.82, 2.24) is 0 Å². The first-order chi connectivity index (χ1) is 8.91. The molecule has 0 spiro atoms. The van der Waals surface area contributed by atoms with Crippen LogP contribution in [0.1, 0.15) is 27.1 Å². The molecule has 0 amide bonds. The molecule has 0 saturated heterocycles. The van der Waals surface area contributed by atoms with Crippen LogP contribution < -0.4 is 0 Å². The van der Waals surface area contributed by atoms with Crippen molar-refractivity contribution in [3.63, 3.8) is 0 Å². The van der Waals surface area contributed by atoms with Gasteiger partial charge < -0.3 is 0 Å². The summed E-state index contributed by atoms with van der Waals surface area (Å²) < 4.78 is 0. The second-order valence-corrected chi connectivity index (χ2v) is 6.59. The summed E-state index contributed by atoms with van der Waals surface area (Å²) in [5.74, 6) is 0. The van der Waals surface area contributed by atoms with Crippen LogP contribution in [0.4, 0.5) is 0 Å². The molecule has 2 rings (SSSR count). The highest BCUT2D eigenvalue weighted by Crippen LogP contribution is 2.42. The van der Waals surface area contributed by atoms with E-state index in [9.17, 15) is 0 Å². The van der Waals surface area contributed by atoms with Gasteiger partial charge >= 0.3 is 0 Å². The molecule has 0 aliphatic rings. The monoisotopic (exact) mass is 376 g/mol. The summed E-state index contributed by atoms with van der Waals surface area (Å²) in [5.41, 5.74) is 4.17. The average Bonchev–Trinajstić information content (AvgIpc) is 2.33. The Balaban J connectivity index is 2.56. The molecule has 4 heteroatoms. The molecule has 0 bridgehead atoms. The first kappa shape index (κ1) is 15.2. The van der Waals surface area contributed by atoms with Crippen molar-refractivity contribution in [2.24, 2.45) is 0 Å². The van der Waals surface area contributed by atoms with E-state index >= 15 is 0 Å². The lowest BCUT2D eigenvalue weighted by Gasteiger charge is -2.17. The maximum Gasteiger partial charge on any atom is 0.0688 e. The number of alkyl halides is 1. The number of hydrogen-bond acceptors (Lipinski definition) is 0. The van der Waals surface area contributed by atoms with Crippen LogP contribution in [0, 0.1) is 13.8 Å². The third-order valence-electron chi connectivity index (χ3n) is 3.14. The highest BCUT2D eigenvalue weighted by atomic mass is 79.9. The lowest BCUT2D eigenvalue weighted by Crippen LogP contribution is -1.98. The molecule has 0 heterocycles. The number of rotatable bonds is 2. The fourth-order valence-corrected chi connectivity index (χ4v) is 4.12. The van der Waals surface area contributed by atoms with E-state index in [4.69, 9.17) is 34.8 Å². The van der Waals surface area contributed by atoms with Gasteiger partial charge in [0, 0.05) is 20.6 Å². The Labute approximate surface area is 136 Å². The van der Waals surface area contributed by atoms with Crippen LogP contribution in [-0.2, 0) is 0 Å². The van der Waals surface area contributed by atoms with Crippen molar-refractivity contribution >= 4 is 50.7 Å². The third kappa shape index (κ3) is 3.11. The SMILES string of the molecule is Cc1cc(Cl)c(C(Br)c2c(Cl)cccc2Cl)cc1C. The van der Waals surface area contributed by atoms with Crippen LogP contribution >= 0.6 is 50.7 Å². The molecule has 1 atom stereocenters. The molecule has 2 aromatic carbocycles. The predicted molar refractivity (Wildman–Crippen MR) is 88.2 cm³/mol. The van der Waals surface area contributed by atoms with Crippen LogP contribution in [0.2, 0.25) is 15.1 Å². The number of aryl methyl sites for hydroxylation is 2. The van der Waals surface area contributed by atoms with Crippen LogP contribution in [0.3, 0.4) is 0 Å². The minimum atomic E-state index is -0.125. The zero-order valence-electron chi connectivity index (χ0n) is 10.5. The normalized spacial score (nSPS) is 12.5. The zero-order valence-corrected chi connectivity index (χ0v) is 14.3. The third-order valence-corrected chi connectivity index (χ3v) is 5.08. The van der Waals surface area contributed by atoms with E-state index in [2.05, 4.69) is 28.9 Å². The Morgan fingerprint density at radius 1 is 0.895 bits per heavy atom. The summed E-state index contributed by atoms with van der Waals surface area (Å²) in [4.78, 5) is -0.125. The molecule has 19 heavy (non-hydrogen) atoms. The summed E-state index contributed by atoms with van der Waals surface area (Å²) in [6.07, 6.45) is 0. The summed E-state index contributed by atoms with van der Waals surface area (Å²) in [5, 5.41) is 1.97. The van der Waals surface area contributed by atoms with Crippen LogP contribution in [0.15, 0.2) is 30.3 Å². The van der Waals surface area contributed by atoms with E-state index < -0.39 is 0 Å². The van der Waals surface area contributed by atoms with Crippen LogP contribution in [-0.4, -0.2) is 0 Å². The zero-order chi connectivity index (χ0) is 14.2. The van der Waals surface area contributed by atoms with Gasteiger partial charge in [0.15, 0.2) is 0 Å². The summed E-state index contributed by atoms with van der Waals surface area (Å²) in [6, 6.07) is 9.51. The predicted octanol–water partition coefficient (Wildman–Crippen LogP) is 6.75. The fourth-order valence-electron chi connectivity index (χ4n) is 1.91. The highest BCUT2D eigenvalue weighted by Gasteiger charge is 2.20. The molecule has 0 saturated carbocycles. The van der Waals surface area contributed by atoms with Gasteiger partial charge in [-0.15, -0.1) is 0 Å². The highest BCUT2D eigenvalue weighted by molar-refractivity contribution is 9.09. The van der Waals surface area contributed by atoms with E-state index in [-0.39, 0.29) is 4.83 Å². The van der Waals surface area contributed by atoms with Gasteiger partial charge in [-0.25, -0.2) is 0 Å². The van der Waals surface area contributed by atoms with Crippen molar-refractivity contribution in [2.75, 3.05) is 0 Å².